The average Bonchev–Trinajstić information content (AvgIpc) is 2.83. The highest BCUT2D eigenvalue weighted by Gasteiger charge is 2.34. The van der Waals surface area contributed by atoms with Crippen LogP contribution in [0.3, 0.4) is 0 Å². The van der Waals surface area contributed by atoms with Gasteiger partial charge in [0.05, 0.1) is 16.5 Å². The van der Waals surface area contributed by atoms with Crippen LogP contribution in [-0.4, -0.2) is 26.3 Å². The summed E-state index contributed by atoms with van der Waals surface area (Å²) in [6, 6.07) is 4.78. The number of benzene rings is 1. The van der Waals surface area contributed by atoms with Crippen LogP contribution in [0.5, 0.6) is 0 Å². The molecule has 118 valence electrons. The molecule has 1 aromatic carbocycles. The van der Waals surface area contributed by atoms with E-state index in [4.69, 9.17) is 5.73 Å². The number of nitrogens with two attached hydrogens (primary N) is 1. The van der Waals surface area contributed by atoms with Crippen molar-refractivity contribution in [3.63, 3.8) is 0 Å². The van der Waals surface area contributed by atoms with E-state index in [9.17, 15) is 18.0 Å². The van der Waals surface area contributed by atoms with Gasteiger partial charge in [-0.2, -0.15) is 18.2 Å². The molecule has 0 fully saturated rings. The fraction of sp³-hybridized carbons (Fsp3) is 0.250. The molecule has 2 rings (SSSR count). The number of thioether (sulfide) groups is 1. The van der Waals surface area contributed by atoms with Crippen LogP contribution in [0.1, 0.15) is 12.5 Å². The topological polar surface area (TPSA) is 96.7 Å². The van der Waals surface area contributed by atoms with Gasteiger partial charge in [0.2, 0.25) is 17.0 Å². The quantitative estimate of drug-likeness (QED) is 0.748. The lowest BCUT2D eigenvalue weighted by Gasteiger charge is -2.15. The number of anilines is 2. The van der Waals surface area contributed by atoms with Gasteiger partial charge in [-0.1, -0.05) is 23.9 Å². The summed E-state index contributed by atoms with van der Waals surface area (Å²) in [6.07, 6.45) is -4.54. The van der Waals surface area contributed by atoms with Gasteiger partial charge < -0.3 is 11.1 Å². The third kappa shape index (κ3) is 3.91. The number of aromatic amines is 1. The van der Waals surface area contributed by atoms with Crippen molar-refractivity contribution in [1.82, 2.24) is 15.2 Å². The molecule has 0 bridgehead atoms. The number of alkyl halides is 3. The second kappa shape index (κ2) is 6.26. The fourth-order valence-electron chi connectivity index (χ4n) is 1.60. The number of hydrogen-bond acceptors (Lipinski definition) is 5. The first-order valence-electron chi connectivity index (χ1n) is 6.09. The zero-order valence-corrected chi connectivity index (χ0v) is 12.1. The highest BCUT2D eigenvalue weighted by atomic mass is 32.2. The Morgan fingerprint density at radius 3 is 2.68 bits per heavy atom. The Bertz CT molecular complexity index is 673. The van der Waals surface area contributed by atoms with Crippen LogP contribution >= 0.6 is 11.8 Å². The summed E-state index contributed by atoms with van der Waals surface area (Å²) in [5.41, 5.74) is 4.16. The molecule has 22 heavy (non-hydrogen) atoms. The Morgan fingerprint density at radius 2 is 2.09 bits per heavy atom. The van der Waals surface area contributed by atoms with Crippen molar-refractivity contribution in [3.05, 3.63) is 29.8 Å². The zero-order chi connectivity index (χ0) is 16.3. The summed E-state index contributed by atoms with van der Waals surface area (Å²) in [7, 11) is 0. The van der Waals surface area contributed by atoms with Gasteiger partial charge in [-0.05, 0) is 19.1 Å². The maximum absolute atomic E-state index is 12.9. The number of para-hydroxylation sites is 1. The molecule has 6 nitrogen and oxygen atoms in total. The molecule has 0 aliphatic rings. The molecule has 10 heteroatoms. The molecule has 1 amide bonds. The van der Waals surface area contributed by atoms with E-state index in [0.717, 1.165) is 17.8 Å². The van der Waals surface area contributed by atoms with Crippen molar-refractivity contribution >= 4 is 29.3 Å². The largest absolute Gasteiger partial charge is 0.418 e. The molecular weight excluding hydrogens is 319 g/mol. The van der Waals surface area contributed by atoms with Crippen LogP contribution in [0.15, 0.2) is 29.4 Å². The lowest BCUT2D eigenvalue weighted by molar-refractivity contribution is -0.137. The van der Waals surface area contributed by atoms with Gasteiger partial charge in [-0.25, -0.2) is 5.10 Å². The monoisotopic (exact) mass is 331 g/mol. The molecule has 0 aliphatic heterocycles. The van der Waals surface area contributed by atoms with E-state index in [1.54, 1.807) is 0 Å². The van der Waals surface area contributed by atoms with Gasteiger partial charge in [0, 0.05) is 0 Å². The predicted octanol–water partition coefficient (Wildman–Crippen LogP) is 2.53. The first-order chi connectivity index (χ1) is 10.3. The van der Waals surface area contributed by atoms with Crippen LogP contribution in [0, 0.1) is 0 Å². The highest BCUT2D eigenvalue weighted by molar-refractivity contribution is 8.00. The Kier molecular flexibility index (Phi) is 4.59. The van der Waals surface area contributed by atoms with Crippen molar-refractivity contribution in [2.75, 3.05) is 11.1 Å². The molecule has 1 heterocycles. The number of amides is 1. The fourth-order valence-corrected chi connectivity index (χ4v) is 2.33. The zero-order valence-electron chi connectivity index (χ0n) is 11.3. The number of carbonyl (C=O) groups excluding carboxylic acids is 1. The molecule has 2 aromatic rings. The number of carbonyl (C=O) groups is 1. The van der Waals surface area contributed by atoms with Crippen molar-refractivity contribution in [2.24, 2.45) is 0 Å². The average molecular weight is 331 g/mol. The highest BCUT2D eigenvalue weighted by Crippen LogP contribution is 2.34. The first kappa shape index (κ1) is 16.1. The summed E-state index contributed by atoms with van der Waals surface area (Å²) >= 11 is 0.978. The van der Waals surface area contributed by atoms with Gasteiger partial charge in [0.25, 0.3) is 0 Å². The summed E-state index contributed by atoms with van der Waals surface area (Å²) in [5, 5.41) is 7.96. The van der Waals surface area contributed by atoms with Gasteiger partial charge >= 0.3 is 6.18 Å². The number of nitrogens with one attached hydrogen (secondary N) is 2. The molecule has 0 aliphatic carbocycles. The molecule has 1 unspecified atom stereocenters. The number of hydrogen-bond donors (Lipinski definition) is 3. The van der Waals surface area contributed by atoms with E-state index in [0.29, 0.717) is 0 Å². The second-order valence-corrected chi connectivity index (χ2v) is 5.60. The smallest absolute Gasteiger partial charge is 0.368 e. The van der Waals surface area contributed by atoms with Crippen LogP contribution in [0.25, 0.3) is 0 Å². The number of rotatable bonds is 4. The predicted molar refractivity (Wildman–Crippen MR) is 76.2 cm³/mol. The minimum Gasteiger partial charge on any atom is -0.368 e. The maximum Gasteiger partial charge on any atom is 0.418 e. The van der Waals surface area contributed by atoms with E-state index >= 15 is 0 Å². The van der Waals surface area contributed by atoms with Crippen molar-refractivity contribution in [3.8, 4) is 0 Å². The molecule has 1 aromatic heterocycles. The van der Waals surface area contributed by atoms with Crippen molar-refractivity contribution in [2.45, 2.75) is 23.5 Å². The summed E-state index contributed by atoms with van der Waals surface area (Å²) < 4.78 is 38.6. The summed E-state index contributed by atoms with van der Waals surface area (Å²) in [5.74, 6) is -0.498. The van der Waals surface area contributed by atoms with Crippen LogP contribution < -0.4 is 11.1 Å². The molecule has 0 saturated carbocycles. The Morgan fingerprint density at radius 1 is 1.41 bits per heavy atom. The summed E-state index contributed by atoms with van der Waals surface area (Å²) in [4.78, 5) is 15.8. The SMILES string of the molecule is CC(Sc1n[nH]c(N)n1)C(=O)Nc1ccccc1C(F)(F)F. The van der Waals surface area contributed by atoms with E-state index in [1.807, 2.05) is 0 Å². The molecule has 0 spiro atoms. The summed E-state index contributed by atoms with van der Waals surface area (Å²) in [6.45, 7) is 1.53. The van der Waals surface area contributed by atoms with E-state index in [-0.39, 0.29) is 16.8 Å². The number of nitrogens with zero attached hydrogens (tertiary/aromatic N) is 2. The first-order valence-corrected chi connectivity index (χ1v) is 6.97. The van der Waals surface area contributed by atoms with Gasteiger partial charge in [0.15, 0.2) is 0 Å². The second-order valence-electron chi connectivity index (χ2n) is 4.30. The lowest BCUT2D eigenvalue weighted by atomic mass is 10.1. The third-order valence-electron chi connectivity index (χ3n) is 2.62. The number of aromatic nitrogens is 3. The molecule has 0 saturated heterocycles. The Hall–Kier alpha value is -2.23. The number of halogens is 3. The van der Waals surface area contributed by atoms with Crippen molar-refractivity contribution < 1.29 is 18.0 Å². The molecule has 0 radical (unpaired) electrons. The molecule has 1 atom stereocenters. The van der Waals surface area contributed by atoms with Gasteiger partial charge in [0.1, 0.15) is 0 Å². The van der Waals surface area contributed by atoms with Crippen LogP contribution in [-0.2, 0) is 11.0 Å². The maximum atomic E-state index is 12.9. The van der Waals surface area contributed by atoms with Crippen molar-refractivity contribution in [1.29, 1.82) is 0 Å². The van der Waals surface area contributed by atoms with Crippen LogP contribution in [0.4, 0.5) is 24.8 Å². The van der Waals surface area contributed by atoms with Gasteiger partial charge in [-0.3, -0.25) is 4.79 Å². The lowest BCUT2D eigenvalue weighted by Crippen LogP contribution is -2.24. The van der Waals surface area contributed by atoms with E-state index in [2.05, 4.69) is 20.5 Å². The Balaban J connectivity index is 2.09. The normalized spacial score (nSPS) is 12.9. The Labute approximate surface area is 127 Å². The number of H-pyrrole nitrogens is 1. The number of nitrogen functional groups attached to an aromatic ring is 1. The van der Waals surface area contributed by atoms with E-state index < -0.39 is 22.9 Å². The van der Waals surface area contributed by atoms with E-state index in [1.165, 1.54) is 25.1 Å². The molecular formula is C12H12F3N5OS. The van der Waals surface area contributed by atoms with Gasteiger partial charge in [-0.15, -0.1) is 5.10 Å². The molecule has 4 N–H and O–H groups in total. The third-order valence-corrected chi connectivity index (χ3v) is 3.58. The minimum absolute atomic E-state index is 0.0949. The minimum atomic E-state index is -4.54. The standard InChI is InChI=1S/C12H12F3N5OS/c1-6(22-11-18-10(16)19-20-11)9(21)17-8-5-3-2-4-7(8)12(13,14)15/h2-6H,1H3,(H,17,21)(H3,16,18,19,20). The van der Waals surface area contributed by atoms with Crippen LogP contribution in [0.2, 0.25) is 0 Å².